The lowest BCUT2D eigenvalue weighted by Gasteiger charge is -2.08. The standard InChI is InChI=1S/C10H9ClN2OS/c1-6-10(15-13-12-6)9(14)7-3-2-4-8(11)5-7/h2-5,9,14H,1H3. The summed E-state index contributed by atoms with van der Waals surface area (Å²) in [5.41, 5.74) is 1.52. The number of nitrogens with zero attached hydrogens (tertiary/aromatic N) is 2. The van der Waals surface area contributed by atoms with Crippen LogP contribution < -0.4 is 0 Å². The molecule has 1 aromatic heterocycles. The van der Waals surface area contributed by atoms with Crippen LogP contribution in [0.4, 0.5) is 0 Å². The lowest BCUT2D eigenvalue weighted by Crippen LogP contribution is -1.98. The zero-order chi connectivity index (χ0) is 10.8. The fraction of sp³-hybridized carbons (Fsp3) is 0.200. The van der Waals surface area contributed by atoms with Crippen LogP contribution >= 0.6 is 23.1 Å². The van der Waals surface area contributed by atoms with Gasteiger partial charge in [-0.2, -0.15) is 0 Å². The summed E-state index contributed by atoms with van der Waals surface area (Å²) < 4.78 is 3.79. The van der Waals surface area contributed by atoms with Crippen molar-refractivity contribution in [3.8, 4) is 0 Å². The first-order valence-corrected chi connectivity index (χ1v) is 5.56. The quantitative estimate of drug-likeness (QED) is 0.878. The molecule has 1 N–H and O–H groups in total. The van der Waals surface area contributed by atoms with Crippen LogP contribution in [-0.2, 0) is 0 Å². The highest BCUT2D eigenvalue weighted by Gasteiger charge is 2.16. The van der Waals surface area contributed by atoms with Gasteiger partial charge in [0.05, 0.1) is 10.6 Å². The van der Waals surface area contributed by atoms with E-state index >= 15 is 0 Å². The van der Waals surface area contributed by atoms with Gasteiger partial charge in [-0.15, -0.1) is 5.10 Å². The van der Waals surface area contributed by atoms with E-state index in [1.54, 1.807) is 12.1 Å². The number of aliphatic hydroxyl groups excluding tert-OH is 1. The second kappa shape index (κ2) is 4.26. The lowest BCUT2D eigenvalue weighted by molar-refractivity contribution is 0.223. The summed E-state index contributed by atoms with van der Waals surface area (Å²) in [5.74, 6) is 0. The molecule has 1 heterocycles. The number of rotatable bonds is 2. The van der Waals surface area contributed by atoms with Crippen molar-refractivity contribution in [1.29, 1.82) is 0 Å². The largest absolute Gasteiger partial charge is 0.383 e. The van der Waals surface area contributed by atoms with Gasteiger partial charge in [-0.25, -0.2) is 0 Å². The summed E-state index contributed by atoms with van der Waals surface area (Å²) >= 11 is 7.06. The third-order valence-electron chi connectivity index (χ3n) is 2.10. The van der Waals surface area contributed by atoms with Crippen molar-refractivity contribution >= 4 is 23.1 Å². The van der Waals surface area contributed by atoms with E-state index < -0.39 is 6.10 Å². The summed E-state index contributed by atoms with van der Waals surface area (Å²) in [5, 5.41) is 14.5. The summed E-state index contributed by atoms with van der Waals surface area (Å²) in [6.45, 7) is 1.83. The molecule has 0 fully saturated rings. The van der Waals surface area contributed by atoms with Crippen LogP contribution in [0.3, 0.4) is 0 Å². The van der Waals surface area contributed by atoms with E-state index in [2.05, 4.69) is 9.59 Å². The molecule has 0 radical (unpaired) electrons. The minimum absolute atomic E-state index is 0.613. The monoisotopic (exact) mass is 240 g/mol. The molecular weight excluding hydrogens is 232 g/mol. The van der Waals surface area contributed by atoms with Crippen LogP contribution in [0.5, 0.6) is 0 Å². The number of benzene rings is 1. The molecule has 2 aromatic rings. The van der Waals surface area contributed by atoms with Crippen molar-refractivity contribution in [2.24, 2.45) is 0 Å². The van der Waals surface area contributed by atoms with Gasteiger partial charge in [-0.3, -0.25) is 0 Å². The fourth-order valence-electron chi connectivity index (χ4n) is 1.32. The molecule has 0 saturated heterocycles. The number of hydrogen-bond acceptors (Lipinski definition) is 4. The molecule has 1 atom stereocenters. The Morgan fingerprint density at radius 3 is 2.87 bits per heavy atom. The molecule has 0 aliphatic carbocycles. The number of aromatic nitrogens is 2. The third-order valence-corrected chi connectivity index (χ3v) is 3.21. The smallest absolute Gasteiger partial charge is 0.117 e. The van der Waals surface area contributed by atoms with Crippen molar-refractivity contribution in [3.63, 3.8) is 0 Å². The van der Waals surface area contributed by atoms with Crippen LogP contribution in [0.2, 0.25) is 5.02 Å². The molecule has 78 valence electrons. The molecule has 0 aliphatic rings. The molecule has 0 aliphatic heterocycles. The molecule has 0 bridgehead atoms. The molecule has 15 heavy (non-hydrogen) atoms. The lowest BCUT2D eigenvalue weighted by atomic mass is 10.1. The molecule has 3 nitrogen and oxygen atoms in total. The van der Waals surface area contributed by atoms with E-state index in [1.165, 1.54) is 11.5 Å². The van der Waals surface area contributed by atoms with Crippen molar-refractivity contribution in [2.75, 3.05) is 0 Å². The summed E-state index contributed by atoms with van der Waals surface area (Å²) in [4.78, 5) is 0.761. The van der Waals surface area contributed by atoms with Gasteiger partial charge in [-0.05, 0) is 36.2 Å². The van der Waals surface area contributed by atoms with Gasteiger partial charge in [0.25, 0.3) is 0 Å². The van der Waals surface area contributed by atoms with Crippen LogP contribution in [0.25, 0.3) is 0 Å². The Morgan fingerprint density at radius 2 is 2.27 bits per heavy atom. The second-order valence-corrected chi connectivity index (χ2v) is 4.40. The Morgan fingerprint density at radius 1 is 1.47 bits per heavy atom. The van der Waals surface area contributed by atoms with Gasteiger partial charge in [0.2, 0.25) is 0 Å². The van der Waals surface area contributed by atoms with Gasteiger partial charge >= 0.3 is 0 Å². The van der Waals surface area contributed by atoms with Crippen molar-refractivity contribution in [1.82, 2.24) is 9.59 Å². The third kappa shape index (κ3) is 2.17. The molecule has 5 heteroatoms. The first-order chi connectivity index (χ1) is 7.18. The maximum absolute atomic E-state index is 10.1. The second-order valence-electron chi connectivity index (χ2n) is 3.18. The summed E-state index contributed by atoms with van der Waals surface area (Å²) in [6.07, 6.45) is -0.691. The van der Waals surface area contributed by atoms with Gasteiger partial charge < -0.3 is 5.11 Å². The molecule has 0 amide bonds. The zero-order valence-electron chi connectivity index (χ0n) is 8.01. The normalized spacial score (nSPS) is 12.7. The van der Waals surface area contributed by atoms with Crippen molar-refractivity contribution < 1.29 is 5.11 Å². The maximum Gasteiger partial charge on any atom is 0.117 e. The van der Waals surface area contributed by atoms with Crippen molar-refractivity contribution in [2.45, 2.75) is 13.0 Å². The van der Waals surface area contributed by atoms with Crippen LogP contribution in [0.15, 0.2) is 24.3 Å². The van der Waals surface area contributed by atoms with Crippen LogP contribution in [0.1, 0.15) is 22.2 Å². The van der Waals surface area contributed by atoms with E-state index in [1.807, 2.05) is 19.1 Å². The Balaban J connectivity index is 2.36. The van der Waals surface area contributed by atoms with Gasteiger partial charge in [0.15, 0.2) is 0 Å². The SMILES string of the molecule is Cc1nnsc1C(O)c1cccc(Cl)c1. The van der Waals surface area contributed by atoms with Gasteiger partial charge in [-0.1, -0.05) is 28.2 Å². The Bertz CT molecular complexity index is 472. The highest BCUT2D eigenvalue weighted by Crippen LogP contribution is 2.27. The van der Waals surface area contributed by atoms with Crippen molar-refractivity contribution in [3.05, 3.63) is 45.4 Å². The highest BCUT2D eigenvalue weighted by atomic mass is 35.5. The molecule has 1 unspecified atom stereocenters. The Kier molecular flexibility index (Phi) is 3.00. The number of aryl methyl sites for hydroxylation is 1. The predicted octanol–water partition coefficient (Wildman–Crippen LogP) is 2.58. The Hall–Kier alpha value is -0.970. The number of halogens is 1. The summed E-state index contributed by atoms with van der Waals surface area (Å²) in [7, 11) is 0. The first kappa shape index (κ1) is 10.5. The molecule has 0 saturated carbocycles. The van der Waals surface area contributed by atoms with E-state index in [-0.39, 0.29) is 0 Å². The highest BCUT2D eigenvalue weighted by molar-refractivity contribution is 7.05. The molecule has 1 aromatic carbocycles. The maximum atomic E-state index is 10.1. The fourth-order valence-corrected chi connectivity index (χ4v) is 2.18. The van der Waals surface area contributed by atoms with Crippen LogP contribution in [-0.4, -0.2) is 14.7 Å². The predicted molar refractivity (Wildman–Crippen MR) is 60.2 cm³/mol. The summed E-state index contributed by atoms with van der Waals surface area (Å²) in [6, 6.07) is 7.15. The van der Waals surface area contributed by atoms with Gasteiger partial charge in [0.1, 0.15) is 6.10 Å². The number of hydrogen-bond donors (Lipinski definition) is 1. The average Bonchev–Trinajstić information content (AvgIpc) is 2.63. The molecule has 0 spiro atoms. The number of aliphatic hydroxyl groups is 1. The minimum atomic E-state index is -0.691. The first-order valence-electron chi connectivity index (χ1n) is 4.41. The van der Waals surface area contributed by atoms with Gasteiger partial charge in [0, 0.05) is 5.02 Å². The Labute approximate surface area is 96.5 Å². The van der Waals surface area contributed by atoms with E-state index in [9.17, 15) is 5.11 Å². The molecular formula is C10H9ClN2OS. The minimum Gasteiger partial charge on any atom is -0.383 e. The average molecular weight is 241 g/mol. The molecule has 2 rings (SSSR count). The van der Waals surface area contributed by atoms with E-state index in [0.717, 1.165) is 16.1 Å². The van der Waals surface area contributed by atoms with E-state index in [4.69, 9.17) is 11.6 Å². The van der Waals surface area contributed by atoms with E-state index in [0.29, 0.717) is 5.02 Å². The van der Waals surface area contributed by atoms with Crippen LogP contribution in [0, 0.1) is 6.92 Å². The zero-order valence-corrected chi connectivity index (χ0v) is 9.59. The topological polar surface area (TPSA) is 46.0 Å².